The molecule has 1 spiro atoms. The Balaban J connectivity index is 1.82. The van der Waals surface area contributed by atoms with Crippen molar-refractivity contribution in [2.45, 2.75) is 12.1 Å². The van der Waals surface area contributed by atoms with Gasteiger partial charge in [0.25, 0.3) is 5.91 Å². The standard InChI is InChI=1S/C18H18N2O2S/c1-22-14-8-6-13(7-9-14)20-17(21)15-4-2-3-5-16(15)19-18(20)10-11-23-12-18/h2-9,19H,10-12H2,1H3/t18-/m0/s1. The van der Waals surface area contributed by atoms with E-state index in [1.807, 2.05) is 65.2 Å². The number of fused-ring (bicyclic) bond motifs is 1. The van der Waals surface area contributed by atoms with E-state index in [0.29, 0.717) is 0 Å². The summed E-state index contributed by atoms with van der Waals surface area (Å²) >= 11 is 1.88. The lowest BCUT2D eigenvalue weighted by Crippen LogP contribution is -2.60. The van der Waals surface area contributed by atoms with Crippen LogP contribution >= 0.6 is 11.8 Å². The van der Waals surface area contributed by atoms with Gasteiger partial charge < -0.3 is 10.1 Å². The number of nitrogens with one attached hydrogen (secondary N) is 1. The minimum Gasteiger partial charge on any atom is -0.497 e. The van der Waals surface area contributed by atoms with Gasteiger partial charge in [0.15, 0.2) is 0 Å². The Kier molecular flexibility index (Phi) is 3.45. The number of methoxy groups -OCH3 is 1. The molecule has 0 saturated carbocycles. The van der Waals surface area contributed by atoms with Crippen molar-refractivity contribution in [1.29, 1.82) is 0 Å². The Morgan fingerprint density at radius 3 is 2.65 bits per heavy atom. The molecule has 1 N–H and O–H groups in total. The average Bonchev–Trinajstić information content (AvgIpc) is 3.04. The van der Waals surface area contributed by atoms with Crippen LogP contribution in [0, 0.1) is 0 Å². The summed E-state index contributed by atoms with van der Waals surface area (Å²) in [6.45, 7) is 0. The van der Waals surface area contributed by atoms with Crippen LogP contribution in [0.15, 0.2) is 48.5 Å². The second kappa shape index (κ2) is 5.49. The van der Waals surface area contributed by atoms with Crippen LogP contribution in [-0.4, -0.2) is 30.2 Å². The van der Waals surface area contributed by atoms with Crippen molar-refractivity contribution in [2.75, 3.05) is 28.8 Å². The maximum atomic E-state index is 13.2. The SMILES string of the molecule is COc1ccc(N2C(=O)c3ccccc3N[C@@]23CCSC3)cc1. The van der Waals surface area contributed by atoms with Gasteiger partial charge in [0.1, 0.15) is 11.4 Å². The molecule has 118 valence electrons. The Hall–Kier alpha value is -2.14. The van der Waals surface area contributed by atoms with Crippen LogP contribution in [-0.2, 0) is 0 Å². The molecule has 0 aromatic heterocycles. The lowest BCUT2D eigenvalue weighted by Gasteiger charge is -2.46. The fourth-order valence-electron chi connectivity index (χ4n) is 3.32. The summed E-state index contributed by atoms with van der Waals surface area (Å²) in [4.78, 5) is 15.1. The third kappa shape index (κ3) is 2.27. The van der Waals surface area contributed by atoms with E-state index in [1.54, 1.807) is 7.11 Å². The number of hydrogen-bond acceptors (Lipinski definition) is 4. The fourth-order valence-corrected chi connectivity index (χ4v) is 4.63. The number of rotatable bonds is 2. The summed E-state index contributed by atoms with van der Waals surface area (Å²) in [6, 6.07) is 15.5. The highest BCUT2D eigenvalue weighted by Crippen LogP contribution is 2.42. The third-order valence-corrected chi connectivity index (χ3v) is 5.66. The Morgan fingerprint density at radius 2 is 1.96 bits per heavy atom. The predicted molar refractivity (Wildman–Crippen MR) is 94.5 cm³/mol. The molecule has 2 aromatic carbocycles. The lowest BCUT2D eigenvalue weighted by atomic mass is 9.97. The van der Waals surface area contributed by atoms with Gasteiger partial charge in [-0.2, -0.15) is 11.8 Å². The van der Waals surface area contributed by atoms with Crippen molar-refractivity contribution in [3.8, 4) is 5.75 Å². The van der Waals surface area contributed by atoms with Gasteiger partial charge in [-0.15, -0.1) is 0 Å². The normalized spacial score (nSPS) is 22.8. The van der Waals surface area contributed by atoms with Crippen LogP contribution in [0.1, 0.15) is 16.8 Å². The number of carbonyl (C=O) groups is 1. The maximum Gasteiger partial charge on any atom is 0.262 e. The number of hydrogen-bond donors (Lipinski definition) is 1. The van der Waals surface area contributed by atoms with Crippen molar-refractivity contribution in [3.05, 3.63) is 54.1 Å². The Labute approximate surface area is 139 Å². The molecule has 2 heterocycles. The van der Waals surface area contributed by atoms with Crippen molar-refractivity contribution in [1.82, 2.24) is 0 Å². The van der Waals surface area contributed by atoms with E-state index in [9.17, 15) is 4.79 Å². The number of thioether (sulfide) groups is 1. The maximum absolute atomic E-state index is 13.2. The minimum absolute atomic E-state index is 0.0621. The van der Waals surface area contributed by atoms with Gasteiger partial charge >= 0.3 is 0 Å². The quantitative estimate of drug-likeness (QED) is 0.915. The summed E-state index contributed by atoms with van der Waals surface area (Å²) in [5.41, 5.74) is 2.22. The van der Waals surface area contributed by atoms with Gasteiger partial charge in [0, 0.05) is 17.1 Å². The zero-order valence-corrected chi connectivity index (χ0v) is 13.7. The molecular formula is C18H18N2O2S. The third-order valence-electron chi connectivity index (χ3n) is 4.49. The Morgan fingerprint density at radius 1 is 1.17 bits per heavy atom. The second-order valence-corrected chi connectivity index (χ2v) is 6.95. The highest BCUT2D eigenvalue weighted by Gasteiger charge is 2.47. The molecule has 2 aliphatic rings. The van der Waals surface area contributed by atoms with Gasteiger partial charge in [-0.3, -0.25) is 9.69 Å². The van der Waals surface area contributed by atoms with Crippen LogP contribution < -0.4 is 15.0 Å². The molecule has 2 aliphatic heterocycles. The van der Waals surface area contributed by atoms with Crippen molar-refractivity contribution < 1.29 is 9.53 Å². The first-order valence-corrected chi connectivity index (χ1v) is 8.83. The minimum atomic E-state index is -0.343. The molecule has 2 aromatic rings. The number of anilines is 2. The first kappa shape index (κ1) is 14.5. The van der Waals surface area contributed by atoms with Crippen LogP contribution in [0.3, 0.4) is 0 Å². The molecule has 0 unspecified atom stereocenters. The monoisotopic (exact) mass is 326 g/mol. The molecule has 1 saturated heterocycles. The summed E-state index contributed by atoms with van der Waals surface area (Å²) in [5, 5.41) is 3.63. The number of para-hydroxylation sites is 1. The Bertz CT molecular complexity index is 739. The number of amides is 1. The zero-order valence-electron chi connectivity index (χ0n) is 12.9. The predicted octanol–water partition coefficient (Wildman–Crippen LogP) is 3.60. The van der Waals surface area contributed by atoms with Gasteiger partial charge in [-0.25, -0.2) is 0 Å². The summed E-state index contributed by atoms with van der Waals surface area (Å²) in [6.07, 6.45) is 0.934. The molecule has 4 nitrogen and oxygen atoms in total. The van der Waals surface area contributed by atoms with E-state index in [1.165, 1.54) is 0 Å². The lowest BCUT2D eigenvalue weighted by molar-refractivity contribution is 0.0959. The number of ether oxygens (including phenoxy) is 1. The fraction of sp³-hybridized carbons (Fsp3) is 0.278. The van der Waals surface area contributed by atoms with E-state index in [2.05, 4.69) is 5.32 Å². The van der Waals surface area contributed by atoms with Crippen LogP contribution in [0.5, 0.6) is 5.75 Å². The van der Waals surface area contributed by atoms with Crippen LogP contribution in [0.2, 0.25) is 0 Å². The van der Waals surface area contributed by atoms with Crippen molar-refractivity contribution in [3.63, 3.8) is 0 Å². The van der Waals surface area contributed by atoms with Gasteiger partial charge in [0.05, 0.1) is 12.7 Å². The van der Waals surface area contributed by atoms with Crippen LogP contribution in [0.4, 0.5) is 11.4 Å². The molecule has 1 fully saturated rings. The molecule has 5 heteroatoms. The second-order valence-electron chi connectivity index (χ2n) is 5.84. The molecule has 4 rings (SSSR count). The van der Waals surface area contributed by atoms with Crippen molar-refractivity contribution >= 4 is 29.0 Å². The number of carbonyl (C=O) groups excluding carboxylic acids is 1. The highest BCUT2D eigenvalue weighted by atomic mass is 32.2. The number of benzene rings is 2. The van der Waals surface area contributed by atoms with E-state index >= 15 is 0 Å². The highest BCUT2D eigenvalue weighted by molar-refractivity contribution is 7.99. The zero-order chi connectivity index (χ0) is 15.9. The summed E-state index contributed by atoms with van der Waals surface area (Å²) in [7, 11) is 1.65. The van der Waals surface area contributed by atoms with E-state index in [4.69, 9.17) is 4.74 Å². The molecular weight excluding hydrogens is 308 g/mol. The number of nitrogens with zero attached hydrogens (tertiary/aromatic N) is 1. The average molecular weight is 326 g/mol. The molecule has 1 atom stereocenters. The summed E-state index contributed by atoms with van der Waals surface area (Å²) < 4.78 is 5.23. The molecule has 0 radical (unpaired) electrons. The summed E-state index contributed by atoms with van der Waals surface area (Å²) in [5.74, 6) is 2.79. The van der Waals surface area contributed by atoms with Crippen molar-refractivity contribution in [2.24, 2.45) is 0 Å². The van der Waals surface area contributed by atoms with E-state index in [0.717, 1.165) is 40.6 Å². The van der Waals surface area contributed by atoms with E-state index in [-0.39, 0.29) is 11.6 Å². The van der Waals surface area contributed by atoms with E-state index < -0.39 is 0 Å². The molecule has 1 amide bonds. The smallest absolute Gasteiger partial charge is 0.262 e. The van der Waals surface area contributed by atoms with Crippen LogP contribution in [0.25, 0.3) is 0 Å². The molecule has 0 bridgehead atoms. The van der Waals surface area contributed by atoms with Gasteiger partial charge in [-0.05, 0) is 48.6 Å². The first-order valence-electron chi connectivity index (χ1n) is 7.67. The van der Waals surface area contributed by atoms with Gasteiger partial charge in [-0.1, -0.05) is 12.1 Å². The van der Waals surface area contributed by atoms with Gasteiger partial charge in [0.2, 0.25) is 0 Å². The topological polar surface area (TPSA) is 41.6 Å². The first-order chi connectivity index (χ1) is 11.2. The molecule has 0 aliphatic carbocycles. The largest absolute Gasteiger partial charge is 0.497 e. The molecule has 23 heavy (non-hydrogen) atoms.